The van der Waals surface area contributed by atoms with Crippen molar-refractivity contribution in [3.8, 4) is 0 Å². The van der Waals surface area contributed by atoms with Crippen LogP contribution in [0.5, 0.6) is 0 Å². The molecule has 0 spiro atoms. The summed E-state index contributed by atoms with van der Waals surface area (Å²) in [6.07, 6.45) is 3.04. The molecule has 5 nitrogen and oxygen atoms in total. The van der Waals surface area contributed by atoms with E-state index in [9.17, 15) is 13.2 Å². The molecule has 0 fully saturated rings. The van der Waals surface area contributed by atoms with Crippen LogP contribution in [0.3, 0.4) is 0 Å². The van der Waals surface area contributed by atoms with Crippen LogP contribution in [-0.2, 0) is 14.6 Å². The monoisotopic (exact) mass is 246 g/mol. The molecule has 0 aromatic rings. The van der Waals surface area contributed by atoms with Crippen molar-refractivity contribution in [2.24, 2.45) is 11.7 Å². The summed E-state index contributed by atoms with van der Waals surface area (Å²) in [7, 11) is -3.10. The Hall–Kier alpha value is -0.880. The first-order valence-electron chi connectivity index (χ1n) is 5.36. The highest BCUT2D eigenvalue weighted by molar-refractivity contribution is 7.94. The zero-order valence-electron chi connectivity index (χ0n) is 9.35. The topological polar surface area (TPSA) is 89.3 Å². The van der Waals surface area contributed by atoms with E-state index in [1.54, 1.807) is 0 Å². The number of hydrogen-bond donors (Lipinski definition) is 2. The molecule has 0 aliphatic carbocycles. The van der Waals surface area contributed by atoms with Crippen molar-refractivity contribution in [2.45, 2.75) is 25.8 Å². The Morgan fingerprint density at radius 1 is 1.62 bits per heavy atom. The van der Waals surface area contributed by atoms with Gasteiger partial charge in [-0.3, -0.25) is 4.79 Å². The van der Waals surface area contributed by atoms with Gasteiger partial charge in [-0.1, -0.05) is 6.92 Å². The Morgan fingerprint density at radius 3 is 2.81 bits per heavy atom. The number of amides is 1. The van der Waals surface area contributed by atoms with Crippen LogP contribution in [0.4, 0.5) is 0 Å². The van der Waals surface area contributed by atoms with Gasteiger partial charge in [0.05, 0.1) is 11.8 Å². The molecular formula is C10H18N2O3S. The van der Waals surface area contributed by atoms with Gasteiger partial charge in [0.1, 0.15) is 0 Å². The second kappa shape index (κ2) is 5.45. The van der Waals surface area contributed by atoms with E-state index in [-0.39, 0.29) is 23.6 Å². The van der Waals surface area contributed by atoms with Crippen LogP contribution in [0.25, 0.3) is 0 Å². The average Bonchev–Trinajstić information content (AvgIpc) is 2.54. The Labute approximate surface area is 96.0 Å². The van der Waals surface area contributed by atoms with Gasteiger partial charge in [0, 0.05) is 11.3 Å². The molecule has 3 N–H and O–H groups in total. The van der Waals surface area contributed by atoms with E-state index < -0.39 is 9.84 Å². The fourth-order valence-corrected chi connectivity index (χ4v) is 2.78. The summed E-state index contributed by atoms with van der Waals surface area (Å²) in [6, 6.07) is -0.377. The fourth-order valence-electron chi connectivity index (χ4n) is 1.55. The highest BCUT2D eigenvalue weighted by atomic mass is 32.2. The van der Waals surface area contributed by atoms with Crippen molar-refractivity contribution >= 4 is 15.7 Å². The lowest BCUT2D eigenvalue weighted by Crippen LogP contribution is -2.38. The van der Waals surface area contributed by atoms with Crippen LogP contribution in [-0.4, -0.2) is 32.7 Å². The fraction of sp³-hybridized carbons (Fsp3) is 0.700. The summed E-state index contributed by atoms with van der Waals surface area (Å²) in [6.45, 7) is 2.38. The highest BCUT2D eigenvalue weighted by Crippen LogP contribution is 2.10. The van der Waals surface area contributed by atoms with E-state index >= 15 is 0 Å². The van der Waals surface area contributed by atoms with Crippen molar-refractivity contribution in [3.05, 3.63) is 11.5 Å². The quantitative estimate of drug-likeness (QED) is 0.702. The Morgan fingerprint density at radius 2 is 2.31 bits per heavy atom. The predicted molar refractivity (Wildman–Crippen MR) is 62.3 cm³/mol. The maximum Gasteiger partial charge on any atom is 0.223 e. The van der Waals surface area contributed by atoms with Gasteiger partial charge < -0.3 is 11.1 Å². The Balaban J connectivity index is 2.38. The maximum atomic E-state index is 11.6. The van der Waals surface area contributed by atoms with Gasteiger partial charge in [0.25, 0.3) is 0 Å². The number of carbonyl (C=O) groups excluding carboxylic acids is 1. The molecule has 0 aromatic heterocycles. The second-order valence-corrected chi connectivity index (χ2v) is 6.04. The third-order valence-electron chi connectivity index (χ3n) is 2.55. The number of hydrogen-bond acceptors (Lipinski definition) is 4. The van der Waals surface area contributed by atoms with Gasteiger partial charge in [0.15, 0.2) is 9.84 Å². The van der Waals surface area contributed by atoms with E-state index in [1.807, 2.05) is 6.92 Å². The van der Waals surface area contributed by atoms with Crippen molar-refractivity contribution in [2.75, 3.05) is 12.3 Å². The van der Waals surface area contributed by atoms with Crippen LogP contribution in [0.2, 0.25) is 0 Å². The third kappa shape index (κ3) is 3.94. The summed E-state index contributed by atoms with van der Waals surface area (Å²) in [4.78, 5) is 11.6. The Kier molecular flexibility index (Phi) is 4.49. The molecule has 1 aliphatic heterocycles. The molecule has 0 bridgehead atoms. The molecule has 16 heavy (non-hydrogen) atoms. The molecule has 6 heteroatoms. The molecule has 1 aliphatic rings. The van der Waals surface area contributed by atoms with Crippen molar-refractivity contribution < 1.29 is 13.2 Å². The first-order chi connectivity index (χ1) is 7.44. The minimum atomic E-state index is -3.10. The highest BCUT2D eigenvalue weighted by Gasteiger charge is 2.24. The first-order valence-corrected chi connectivity index (χ1v) is 7.07. The molecule has 2 atom stereocenters. The van der Waals surface area contributed by atoms with Crippen molar-refractivity contribution in [1.82, 2.24) is 5.32 Å². The second-order valence-electron chi connectivity index (χ2n) is 4.11. The van der Waals surface area contributed by atoms with Crippen LogP contribution in [0, 0.1) is 5.92 Å². The van der Waals surface area contributed by atoms with E-state index in [4.69, 9.17) is 5.73 Å². The lowest BCUT2D eigenvalue weighted by molar-refractivity contribution is -0.125. The van der Waals surface area contributed by atoms with Gasteiger partial charge in [-0.25, -0.2) is 8.42 Å². The van der Waals surface area contributed by atoms with Crippen LogP contribution in [0.1, 0.15) is 19.8 Å². The minimum Gasteiger partial charge on any atom is -0.349 e. The lowest BCUT2D eigenvalue weighted by Gasteiger charge is -2.14. The van der Waals surface area contributed by atoms with Crippen LogP contribution >= 0.6 is 0 Å². The van der Waals surface area contributed by atoms with Gasteiger partial charge in [-0.2, -0.15) is 0 Å². The molecule has 1 heterocycles. The van der Waals surface area contributed by atoms with Crippen LogP contribution < -0.4 is 11.1 Å². The molecule has 0 aromatic carbocycles. The molecule has 2 unspecified atom stereocenters. The molecule has 0 saturated heterocycles. The summed E-state index contributed by atoms with van der Waals surface area (Å²) < 4.78 is 22.2. The molecule has 0 saturated carbocycles. The summed E-state index contributed by atoms with van der Waals surface area (Å²) in [5.41, 5.74) is 5.35. The Bertz CT molecular complexity index is 376. The van der Waals surface area contributed by atoms with E-state index in [2.05, 4.69) is 5.32 Å². The van der Waals surface area contributed by atoms with Crippen LogP contribution in [0.15, 0.2) is 11.5 Å². The maximum absolute atomic E-state index is 11.6. The average molecular weight is 246 g/mol. The molecule has 1 amide bonds. The summed E-state index contributed by atoms with van der Waals surface area (Å²) in [5.74, 6) is -0.261. The largest absolute Gasteiger partial charge is 0.349 e. The first kappa shape index (κ1) is 13.2. The molecule has 0 radical (unpaired) electrons. The number of nitrogens with two attached hydrogens (primary N) is 1. The predicted octanol–water partition coefficient (Wildman–Crippen LogP) is -0.212. The smallest absolute Gasteiger partial charge is 0.223 e. The molecule has 1 rings (SSSR count). The third-order valence-corrected chi connectivity index (χ3v) is 3.94. The minimum absolute atomic E-state index is 0.0254. The van der Waals surface area contributed by atoms with Crippen molar-refractivity contribution in [1.29, 1.82) is 0 Å². The number of carbonyl (C=O) groups is 1. The normalized spacial score (nSPS) is 24.2. The SMILES string of the molecule is CC(CCCN)C(=O)NC1C=CS(=O)(=O)C1. The summed E-state index contributed by atoms with van der Waals surface area (Å²) >= 11 is 0. The van der Waals surface area contributed by atoms with E-state index in [0.717, 1.165) is 18.2 Å². The van der Waals surface area contributed by atoms with Crippen molar-refractivity contribution in [3.63, 3.8) is 0 Å². The zero-order chi connectivity index (χ0) is 12.2. The van der Waals surface area contributed by atoms with E-state index in [0.29, 0.717) is 6.54 Å². The summed E-state index contributed by atoms with van der Waals surface area (Å²) in [5, 5.41) is 3.85. The lowest BCUT2D eigenvalue weighted by atomic mass is 10.0. The number of rotatable bonds is 5. The van der Waals surface area contributed by atoms with Gasteiger partial charge in [-0.15, -0.1) is 0 Å². The van der Waals surface area contributed by atoms with Gasteiger partial charge in [0.2, 0.25) is 5.91 Å². The number of nitrogens with one attached hydrogen (secondary N) is 1. The molecule has 92 valence electrons. The standard InChI is InChI=1S/C10H18N2O3S/c1-8(3-2-5-11)10(13)12-9-4-6-16(14,15)7-9/h4,6,8-9H,2-3,5,7,11H2,1H3,(H,12,13). The van der Waals surface area contributed by atoms with Gasteiger partial charge in [-0.05, 0) is 25.5 Å². The van der Waals surface area contributed by atoms with E-state index in [1.165, 1.54) is 6.08 Å². The molecular weight excluding hydrogens is 228 g/mol. The zero-order valence-corrected chi connectivity index (χ0v) is 10.2. The van der Waals surface area contributed by atoms with Gasteiger partial charge >= 0.3 is 0 Å². The number of sulfone groups is 1.